The van der Waals surface area contributed by atoms with Crippen molar-refractivity contribution in [3.8, 4) is 0 Å². The molecule has 0 fully saturated rings. The Labute approximate surface area is 131 Å². The predicted octanol–water partition coefficient (Wildman–Crippen LogP) is 3.38. The first kappa shape index (κ1) is 16.2. The fourth-order valence-electron chi connectivity index (χ4n) is 2.35. The number of aryl methyl sites for hydroxylation is 1. The second kappa shape index (κ2) is 7.71. The zero-order valence-corrected chi connectivity index (χ0v) is 14.3. The van der Waals surface area contributed by atoms with Crippen LogP contribution in [0.3, 0.4) is 0 Å². The van der Waals surface area contributed by atoms with Crippen LogP contribution in [-0.2, 0) is 12.8 Å². The highest BCUT2D eigenvalue weighted by Gasteiger charge is 2.14. The summed E-state index contributed by atoms with van der Waals surface area (Å²) in [5, 5.41) is 11.6. The molecule has 0 amide bonds. The Morgan fingerprint density at radius 2 is 2.05 bits per heavy atom. The number of nitrogens with one attached hydrogen (secondary N) is 1. The lowest BCUT2D eigenvalue weighted by molar-refractivity contribution is 0.483. The topological polar surface area (TPSA) is 42.7 Å². The van der Waals surface area contributed by atoms with Crippen molar-refractivity contribution >= 4 is 11.3 Å². The molecule has 116 valence electrons. The van der Waals surface area contributed by atoms with Gasteiger partial charge < -0.3 is 5.32 Å². The summed E-state index contributed by atoms with van der Waals surface area (Å²) >= 11 is 1.73. The van der Waals surface area contributed by atoms with Crippen molar-refractivity contribution in [3.05, 3.63) is 34.0 Å². The van der Waals surface area contributed by atoms with Gasteiger partial charge in [-0.25, -0.2) is 4.98 Å². The first-order valence-electron chi connectivity index (χ1n) is 7.77. The Balaban J connectivity index is 2.00. The van der Waals surface area contributed by atoms with Gasteiger partial charge in [0.15, 0.2) is 0 Å². The first-order chi connectivity index (χ1) is 10.1. The van der Waals surface area contributed by atoms with E-state index in [0.717, 1.165) is 36.5 Å². The molecule has 0 saturated carbocycles. The molecule has 2 aromatic heterocycles. The van der Waals surface area contributed by atoms with Crippen LogP contribution in [0.1, 0.15) is 49.6 Å². The summed E-state index contributed by atoms with van der Waals surface area (Å²) in [5.41, 5.74) is 2.35. The summed E-state index contributed by atoms with van der Waals surface area (Å²) in [7, 11) is 0. The zero-order valence-electron chi connectivity index (χ0n) is 13.5. The van der Waals surface area contributed by atoms with Crippen LogP contribution in [0.25, 0.3) is 0 Å². The van der Waals surface area contributed by atoms with Crippen LogP contribution in [0.4, 0.5) is 0 Å². The molecule has 1 unspecified atom stereocenters. The third kappa shape index (κ3) is 4.93. The number of aromatic nitrogens is 3. The van der Waals surface area contributed by atoms with Crippen LogP contribution in [-0.4, -0.2) is 27.4 Å². The molecule has 2 aromatic rings. The Bertz CT molecular complexity index is 544. The maximum Gasteiger partial charge on any atom is 0.0897 e. The summed E-state index contributed by atoms with van der Waals surface area (Å²) < 4.78 is 2.03. The number of rotatable bonds is 8. The molecule has 0 bridgehead atoms. The Morgan fingerprint density at radius 3 is 2.62 bits per heavy atom. The van der Waals surface area contributed by atoms with Gasteiger partial charge in [0, 0.05) is 36.5 Å². The van der Waals surface area contributed by atoms with Crippen molar-refractivity contribution in [2.75, 3.05) is 6.54 Å². The van der Waals surface area contributed by atoms with Crippen molar-refractivity contribution in [3.63, 3.8) is 0 Å². The standard InChI is InChI=1S/C16H26N4S/c1-5-7-17-15(10-16-11-21-13(4)18-16)9-14-6-8-20(19-14)12(2)3/h6,8,11-12,15,17H,5,7,9-10H2,1-4H3. The highest BCUT2D eigenvalue weighted by atomic mass is 32.1. The average Bonchev–Trinajstić information content (AvgIpc) is 3.05. The van der Waals surface area contributed by atoms with E-state index in [9.17, 15) is 0 Å². The van der Waals surface area contributed by atoms with Crippen molar-refractivity contribution in [2.24, 2.45) is 0 Å². The van der Waals surface area contributed by atoms with E-state index in [0.29, 0.717) is 12.1 Å². The SMILES string of the molecule is CCCNC(Cc1csc(C)n1)Cc1ccn(C(C)C)n1. The molecule has 0 saturated heterocycles. The maximum atomic E-state index is 4.66. The van der Waals surface area contributed by atoms with Crippen LogP contribution in [0, 0.1) is 6.92 Å². The molecular formula is C16H26N4S. The Morgan fingerprint density at radius 1 is 1.29 bits per heavy atom. The second-order valence-electron chi connectivity index (χ2n) is 5.80. The minimum Gasteiger partial charge on any atom is -0.313 e. The number of thiazole rings is 1. The third-order valence-corrected chi connectivity index (χ3v) is 4.28. The van der Waals surface area contributed by atoms with E-state index in [-0.39, 0.29) is 0 Å². The number of hydrogen-bond acceptors (Lipinski definition) is 4. The van der Waals surface area contributed by atoms with E-state index < -0.39 is 0 Å². The molecule has 5 heteroatoms. The van der Waals surface area contributed by atoms with E-state index in [1.54, 1.807) is 11.3 Å². The van der Waals surface area contributed by atoms with Crippen molar-refractivity contribution < 1.29 is 0 Å². The van der Waals surface area contributed by atoms with E-state index in [1.807, 2.05) is 4.68 Å². The van der Waals surface area contributed by atoms with Gasteiger partial charge in [-0.2, -0.15) is 5.10 Å². The second-order valence-corrected chi connectivity index (χ2v) is 6.86. The fraction of sp³-hybridized carbons (Fsp3) is 0.625. The molecule has 1 N–H and O–H groups in total. The molecule has 0 aliphatic rings. The van der Waals surface area contributed by atoms with Crippen LogP contribution < -0.4 is 5.32 Å². The normalized spacial score (nSPS) is 13.0. The highest BCUT2D eigenvalue weighted by Crippen LogP contribution is 2.13. The summed E-state index contributed by atoms with van der Waals surface area (Å²) in [6.45, 7) is 9.61. The minimum absolute atomic E-state index is 0.405. The van der Waals surface area contributed by atoms with Crippen molar-refractivity contribution in [1.29, 1.82) is 0 Å². The first-order valence-corrected chi connectivity index (χ1v) is 8.65. The van der Waals surface area contributed by atoms with Gasteiger partial charge in [0.05, 0.1) is 16.4 Å². The van der Waals surface area contributed by atoms with Gasteiger partial charge in [-0.1, -0.05) is 6.92 Å². The lowest BCUT2D eigenvalue weighted by Crippen LogP contribution is -2.34. The van der Waals surface area contributed by atoms with Gasteiger partial charge >= 0.3 is 0 Å². The van der Waals surface area contributed by atoms with E-state index in [2.05, 4.69) is 60.7 Å². The Hall–Kier alpha value is -1.20. The van der Waals surface area contributed by atoms with E-state index >= 15 is 0 Å². The zero-order chi connectivity index (χ0) is 15.2. The molecule has 21 heavy (non-hydrogen) atoms. The highest BCUT2D eigenvalue weighted by molar-refractivity contribution is 7.09. The van der Waals surface area contributed by atoms with E-state index in [4.69, 9.17) is 0 Å². The van der Waals surface area contributed by atoms with Crippen LogP contribution in [0.15, 0.2) is 17.6 Å². The van der Waals surface area contributed by atoms with Gasteiger partial charge in [0.2, 0.25) is 0 Å². The van der Waals surface area contributed by atoms with Gasteiger partial charge in [-0.15, -0.1) is 11.3 Å². The molecule has 0 aromatic carbocycles. The maximum absolute atomic E-state index is 4.66. The van der Waals surface area contributed by atoms with Crippen LogP contribution in [0.5, 0.6) is 0 Å². The smallest absolute Gasteiger partial charge is 0.0897 e. The molecule has 2 rings (SSSR count). The molecule has 0 aliphatic carbocycles. The molecule has 0 aliphatic heterocycles. The molecule has 0 radical (unpaired) electrons. The fourth-order valence-corrected chi connectivity index (χ4v) is 2.97. The minimum atomic E-state index is 0.405. The largest absolute Gasteiger partial charge is 0.313 e. The van der Waals surface area contributed by atoms with Crippen molar-refractivity contribution in [1.82, 2.24) is 20.1 Å². The molecule has 4 nitrogen and oxygen atoms in total. The number of hydrogen-bond donors (Lipinski definition) is 1. The summed E-state index contributed by atoms with van der Waals surface area (Å²) in [6.07, 6.45) is 5.14. The average molecular weight is 306 g/mol. The lowest BCUT2D eigenvalue weighted by atomic mass is 10.1. The molecule has 2 heterocycles. The summed E-state index contributed by atoms with van der Waals surface area (Å²) in [4.78, 5) is 4.59. The Kier molecular flexibility index (Phi) is 5.94. The summed E-state index contributed by atoms with van der Waals surface area (Å²) in [5.74, 6) is 0. The van der Waals surface area contributed by atoms with Gasteiger partial charge in [0.1, 0.15) is 0 Å². The third-order valence-electron chi connectivity index (χ3n) is 3.45. The molecular weight excluding hydrogens is 280 g/mol. The van der Waals surface area contributed by atoms with Crippen LogP contribution in [0.2, 0.25) is 0 Å². The van der Waals surface area contributed by atoms with Crippen LogP contribution >= 0.6 is 11.3 Å². The quantitative estimate of drug-likeness (QED) is 0.813. The van der Waals surface area contributed by atoms with Gasteiger partial charge in [-0.3, -0.25) is 4.68 Å². The molecule has 0 spiro atoms. The lowest BCUT2D eigenvalue weighted by Gasteiger charge is -2.16. The van der Waals surface area contributed by atoms with Gasteiger partial charge in [-0.05, 0) is 39.8 Å². The van der Waals surface area contributed by atoms with Gasteiger partial charge in [0.25, 0.3) is 0 Å². The summed E-state index contributed by atoms with van der Waals surface area (Å²) in [6, 6.07) is 2.95. The molecule has 1 atom stereocenters. The monoisotopic (exact) mass is 306 g/mol. The van der Waals surface area contributed by atoms with Crippen molar-refractivity contribution in [2.45, 2.75) is 59.0 Å². The van der Waals surface area contributed by atoms with E-state index in [1.165, 1.54) is 5.69 Å². The predicted molar refractivity (Wildman–Crippen MR) is 89.0 cm³/mol. The number of nitrogens with zero attached hydrogens (tertiary/aromatic N) is 3.